The number of aliphatic hydroxyl groups excluding tert-OH is 10. The second-order valence-corrected chi connectivity index (χ2v) is 20.7. The molecule has 4 saturated carbocycles. The number of carbonyl (C=O) groups is 1. The topological polar surface area (TPSA) is 277 Å². The first-order valence-corrected chi connectivity index (χ1v) is 21.2. The lowest BCUT2D eigenvalue weighted by Gasteiger charge is -2.72. The number of carboxylic acids is 1. The summed E-state index contributed by atoms with van der Waals surface area (Å²) in [5, 5.41) is 118. The number of fused-ring (bicyclic) bond motifs is 7. The maximum Gasteiger partial charge on any atom is 0.312 e. The lowest BCUT2D eigenvalue weighted by molar-refractivity contribution is -0.333. The van der Waals surface area contributed by atoms with E-state index in [9.17, 15) is 61.0 Å². The number of ether oxygens (including phenoxy) is 4. The monoisotopic (exact) mass is 828 g/mol. The first kappa shape index (κ1) is 44.7. The Kier molecular flexibility index (Phi) is 11.7. The van der Waals surface area contributed by atoms with Crippen LogP contribution in [0.2, 0.25) is 0 Å². The zero-order valence-corrected chi connectivity index (χ0v) is 34.6. The van der Waals surface area contributed by atoms with E-state index in [0.29, 0.717) is 38.5 Å². The quantitative estimate of drug-likeness (QED) is 0.112. The van der Waals surface area contributed by atoms with E-state index in [4.69, 9.17) is 18.9 Å². The Morgan fingerprint density at radius 2 is 1.33 bits per heavy atom. The third-order valence-electron chi connectivity index (χ3n) is 17.6. The van der Waals surface area contributed by atoms with Crippen LogP contribution in [0.15, 0.2) is 11.6 Å². The Bertz CT molecular complexity index is 1580. The second-order valence-electron chi connectivity index (χ2n) is 20.7. The van der Waals surface area contributed by atoms with Gasteiger partial charge in [-0.05, 0) is 91.8 Å². The molecule has 0 radical (unpaired) electrons. The standard InChI is InChI=1S/C42H68O16/c1-37(18-55-34-31(51)29(49)27(47)22(16-43)56-34)11-12-38(2)20(13-37)19-7-8-24-39(3)10-9-26(58-35-32(52)30(50)28(48)23(17-44)57-35)42(6,36(53)54)33(39)21(45)14-41(24,5)40(19,4)15-25(38)46/h7,20-35,43-52H,8-18H2,1-6H3,(H,53,54). The van der Waals surface area contributed by atoms with Crippen LogP contribution < -0.4 is 0 Å². The van der Waals surface area contributed by atoms with Crippen molar-refractivity contribution < 1.29 is 79.9 Å². The van der Waals surface area contributed by atoms with Crippen molar-refractivity contribution in [3.63, 3.8) is 0 Å². The lowest BCUT2D eigenvalue weighted by atomic mass is 9.33. The highest BCUT2D eigenvalue weighted by Crippen LogP contribution is 2.76. The van der Waals surface area contributed by atoms with E-state index in [1.165, 1.54) is 5.57 Å². The van der Waals surface area contributed by atoms with Crippen molar-refractivity contribution in [2.75, 3.05) is 19.8 Å². The lowest BCUT2D eigenvalue weighted by Crippen LogP contribution is -2.71. The molecule has 6 fully saturated rings. The highest BCUT2D eigenvalue weighted by atomic mass is 16.7. The molecule has 2 saturated heterocycles. The minimum atomic E-state index is -1.71. The predicted molar refractivity (Wildman–Crippen MR) is 202 cm³/mol. The number of hydrogen-bond donors (Lipinski definition) is 11. The Labute approximate surface area is 339 Å². The van der Waals surface area contributed by atoms with Crippen molar-refractivity contribution in [1.29, 1.82) is 0 Å². The van der Waals surface area contributed by atoms with Gasteiger partial charge in [0.15, 0.2) is 12.6 Å². The summed E-state index contributed by atoms with van der Waals surface area (Å²) in [5.41, 5.74) is -3.24. The summed E-state index contributed by atoms with van der Waals surface area (Å²) in [6.45, 7) is 11.2. The molecule has 332 valence electrons. The van der Waals surface area contributed by atoms with Crippen LogP contribution in [0.5, 0.6) is 0 Å². The largest absolute Gasteiger partial charge is 0.481 e. The van der Waals surface area contributed by atoms with E-state index in [1.54, 1.807) is 6.92 Å². The van der Waals surface area contributed by atoms with E-state index >= 15 is 0 Å². The van der Waals surface area contributed by atoms with Gasteiger partial charge in [-0.25, -0.2) is 0 Å². The van der Waals surface area contributed by atoms with Crippen molar-refractivity contribution >= 4 is 5.97 Å². The Morgan fingerprint density at radius 1 is 0.741 bits per heavy atom. The normalized spacial score (nSPS) is 56.9. The molecule has 0 aromatic heterocycles. The van der Waals surface area contributed by atoms with Gasteiger partial charge < -0.3 is 75.1 Å². The zero-order valence-electron chi connectivity index (χ0n) is 34.6. The van der Waals surface area contributed by atoms with E-state index in [-0.39, 0.29) is 31.3 Å². The molecule has 0 amide bonds. The number of hydrogen-bond acceptors (Lipinski definition) is 15. The van der Waals surface area contributed by atoms with E-state index in [2.05, 4.69) is 40.7 Å². The van der Waals surface area contributed by atoms with Crippen molar-refractivity contribution in [2.45, 2.75) is 173 Å². The van der Waals surface area contributed by atoms with Gasteiger partial charge in [0.2, 0.25) is 0 Å². The maximum atomic E-state index is 13.5. The molecule has 16 nitrogen and oxygen atoms in total. The first-order chi connectivity index (χ1) is 27.0. The smallest absolute Gasteiger partial charge is 0.312 e. The predicted octanol–water partition coefficient (Wildman–Crippen LogP) is -0.204. The summed E-state index contributed by atoms with van der Waals surface area (Å²) in [7, 11) is 0. The number of aliphatic hydroxyl groups is 10. The van der Waals surface area contributed by atoms with Crippen molar-refractivity contribution in [3.8, 4) is 0 Å². The van der Waals surface area contributed by atoms with Gasteiger partial charge in [0.05, 0.1) is 43.5 Å². The first-order valence-electron chi connectivity index (χ1n) is 21.2. The number of carboxylic acid groups (broad SMARTS) is 1. The minimum absolute atomic E-state index is 0.0780. The van der Waals surface area contributed by atoms with Gasteiger partial charge in [-0.1, -0.05) is 46.3 Å². The molecule has 11 N–H and O–H groups in total. The fraction of sp³-hybridized carbons (Fsp3) is 0.929. The molecule has 58 heavy (non-hydrogen) atoms. The summed E-state index contributed by atoms with van der Waals surface area (Å²) < 4.78 is 23.6. The Balaban J connectivity index is 1.17. The number of aliphatic carboxylic acids is 1. The molecule has 2 heterocycles. The van der Waals surface area contributed by atoms with E-state index in [0.717, 1.165) is 0 Å². The van der Waals surface area contributed by atoms with Crippen LogP contribution in [0.4, 0.5) is 0 Å². The van der Waals surface area contributed by atoms with Gasteiger partial charge in [0.25, 0.3) is 0 Å². The van der Waals surface area contributed by atoms with Crippen molar-refractivity contribution in [3.05, 3.63) is 11.6 Å². The Hall–Kier alpha value is -1.35. The molecule has 7 aliphatic rings. The van der Waals surface area contributed by atoms with Gasteiger partial charge in [-0.2, -0.15) is 0 Å². The number of rotatable bonds is 8. The second kappa shape index (κ2) is 15.2. The van der Waals surface area contributed by atoms with Crippen LogP contribution in [0.3, 0.4) is 0 Å². The van der Waals surface area contributed by atoms with Crippen LogP contribution in [-0.2, 0) is 23.7 Å². The maximum absolute atomic E-state index is 13.5. The average molecular weight is 829 g/mol. The molecule has 7 rings (SSSR count). The van der Waals surface area contributed by atoms with Crippen molar-refractivity contribution in [2.24, 2.45) is 50.2 Å². The highest BCUT2D eigenvalue weighted by molar-refractivity contribution is 5.76. The highest BCUT2D eigenvalue weighted by Gasteiger charge is 2.73. The van der Waals surface area contributed by atoms with Crippen LogP contribution in [0.1, 0.15) is 92.9 Å². The third-order valence-corrected chi connectivity index (χ3v) is 17.6. The van der Waals surface area contributed by atoms with Gasteiger partial charge in [0, 0.05) is 11.3 Å². The molecule has 0 aromatic carbocycles. The van der Waals surface area contributed by atoms with Crippen LogP contribution in [-0.4, -0.2) is 162 Å². The molecule has 16 heteroatoms. The van der Waals surface area contributed by atoms with Gasteiger partial charge in [0.1, 0.15) is 48.8 Å². The SMILES string of the molecule is CC1(COC2OC(CO)C(O)C(O)C2O)CCC2(C)C(O)CC3(C)C(=CCC4C5(C)CCC(OC6OC(CO)C(O)C(O)C6O)C(C)(C(=O)O)C5C(O)CC43C)C2C1. The Morgan fingerprint density at radius 3 is 1.91 bits per heavy atom. The van der Waals surface area contributed by atoms with Gasteiger partial charge in [-0.15, -0.1) is 0 Å². The van der Waals surface area contributed by atoms with Gasteiger partial charge >= 0.3 is 5.97 Å². The summed E-state index contributed by atoms with van der Waals surface area (Å²) in [6, 6.07) is 0. The zero-order chi connectivity index (χ0) is 42.7. The van der Waals surface area contributed by atoms with Crippen molar-refractivity contribution in [1.82, 2.24) is 0 Å². The molecule has 0 spiro atoms. The number of allylic oxidation sites excluding steroid dienone is 2. The van der Waals surface area contributed by atoms with E-state index < -0.39 is 137 Å². The molecule has 0 aromatic rings. The fourth-order valence-electron chi connectivity index (χ4n) is 13.8. The third kappa shape index (κ3) is 6.41. The average Bonchev–Trinajstić information content (AvgIpc) is 3.16. The molecule has 0 bridgehead atoms. The summed E-state index contributed by atoms with van der Waals surface area (Å²) in [5.74, 6) is -2.16. The summed E-state index contributed by atoms with van der Waals surface area (Å²) in [6.07, 6.45) is -11.2. The molecule has 2 aliphatic heterocycles. The fourth-order valence-corrected chi connectivity index (χ4v) is 13.8. The van der Waals surface area contributed by atoms with E-state index in [1.807, 2.05) is 0 Å². The van der Waals surface area contributed by atoms with Crippen LogP contribution in [0.25, 0.3) is 0 Å². The molecule has 22 atom stereocenters. The molecular formula is C42H68O16. The summed E-state index contributed by atoms with van der Waals surface area (Å²) in [4.78, 5) is 13.5. The van der Waals surface area contributed by atoms with Crippen LogP contribution >= 0.6 is 0 Å². The van der Waals surface area contributed by atoms with Gasteiger partial charge in [-0.3, -0.25) is 4.79 Å². The minimum Gasteiger partial charge on any atom is -0.481 e. The summed E-state index contributed by atoms with van der Waals surface area (Å²) >= 11 is 0. The van der Waals surface area contributed by atoms with Crippen LogP contribution in [0, 0.1) is 50.2 Å². The molecule has 22 unspecified atom stereocenters. The molecule has 5 aliphatic carbocycles. The molecular weight excluding hydrogens is 760 g/mol.